The molecule has 0 spiro atoms. The Bertz CT molecular complexity index is 959. The Hall–Kier alpha value is -2.44. The van der Waals surface area contributed by atoms with Crippen LogP contribution >= 0.6 is 22.9 Å². The third kappa shape index (κ3) is 5.05. The first-order valence-electron chi connectivity index (χ1n) is 8.36. The molecule has 1 amide bonds. The highest BCUT2D eigenvalue weighted by Gasteiger charge is 2.15. The van der Waals surface area contributed by atoms with Crippen molar-refractivity contribution in [2.75, 3.05) is 0 Å². The molecule has 0 atom stereocenters. The van der Waals surface area contributed by atoms with Crippen molar-refractivity contribution in [3.63, 3.8) is 0 Å². The van der Waals surface area contributed by atoms with Crippen molar-refractivity contribution in [3.8, 4) is 16.3 Å². The molecule has 0 fully saturated rings. The molecule has 3 aromatic rings. The second-order valence-corrected chi connectivity index (χ2v) is 7.52. The SMILES string of the molecule is CC(C)NC(=O)c1csc(-c2ccc(OCc3cccc(Cl)c3)cc2F)n1. The molecule has 0 aliphatic rings. The van der Waals surface area contributed by atoms with Gasteiger partial charge in [0.1, 0.15) is 28.9 Å². The Morgan fingerprint density at radius 2 is 2.11 bits per heavy atom. The lowest BCUT2D eigenvalue weighted by molar-refractivity contribution is 0.0939. The molecule has 0 aliphatic carbocycles. The zero-order valence-corrected chi connectivity index (χ0v) is 16.4. The molecule has 1 aromatic heterocycles. The van der Waals surface area contributed by atoms with Gasteiger partial charge in [-0.25, -0.2) is 9.37 Å². The van der Waals surface area contributed by atoms with Crippen molar-refractivity contribution in [2.45, 2.75) is 26.5 Å². The molecular formula is C20H18ClFN2O2S. The second-order valence-electron chi connectivity index (χ2n) is 6.23. The van der Waals surface area contributed by atoms with Crippen LogP contribution in [0, 0.1) is 5.82 Å². The van der Waals surface area contributed by atoms with Gasteiger partial charge in [-0.15, -0.1) is 11.3 Å². The number of carbonyl (C=O) groups is 1. The number of halogens is 2. The zero-order chi connectivity index (χ0) is 19.4. The third-order valence-electron chi connectivity index (χ3n) is 3.62. The number of nitrogens with zero attached hydrogens (tertiary/aromatic N) is 1. The molecule has 0 unspecified atom stereocenters. The van der Waals surface area contributed by atoms with Crippen LogP contribution in [0.15, 0.2) is 47.8 Å². The minimum atomic E-state index is -0.455. The maximum atomic E-state index is 14.5. The Labute approximate surface area is 166 Å². The lowest BCUT2D eigenvalue weighted by Gasteiger charge is -2.08. The summed E-state index contributed by atoms with van der Waals surface area (Å²) in [7, 11) is 0. The molecule has 0 aliphatic heterocycles. The summed E-state index contributed by atoms with van der Waals surface area (Å²) in [6.45, 7) is 4.02. The number of benzene rings is 2. The third-order valence-corrected chi connectivity index (χ3v) is 4.73. The number of hydrogen-bond acceptors (Lipinski definition) is 4. The molecule has 4 nitrogen and oxygen atoms in total. The van der Waals surface area contributed by atoms with Crippen LogP contribution < -0.4 is 10.1 Å². The maximum absolute atomic E-state index is 14.5. The predicted octanol–water partition coefficient (Wildman–Crippen LogP) is 5.32. The van der Waals surface area contributed by atoms with E-state index in [9.17, 15) is 9.18 Å². The number of thiazole rings is 1. The number of amides is 1. The van der Waals surface area contributed by atoms with Crippen molar-refractivity contribution in [3.05, 3.63) is 69.9 Å². The smallest absolute Gasteiger partial charge is 0.270 e. The van der Waals surface area contributed by atoms with Gasteiger partial charge in [-0.05, 0) is 43.7 Å². The largest absolute Gasteiger partial charge is 0.489 e. The summed E-state index contributed by atoms with van der Waals surface area (Å²) < 4.78 is 20.1. The number of carbonyl (C=O) groups excluding carboxylic acids is 1. The quantitative estimate of drug-likeness (QED) is 0.604. The van der Waals surface area contributed by atoms with Gasteiger partial charge in [-0.1, -0.05) is 23.7 Å². The van der Waals surface area contributed by atoms with Crippen LogP contribution in [-0.4, -0.2) is 16.9 Å². The summed E-state index contributed by atoms with van der Waals surface area (Å²) in [5, 5.41) is 5.46. The predicted molar refractivity (Wildman–Crippen MR) is 106 cm³/mol. The molecule has 27 heavy (non-hydrogen) atoms. The van der Waals surface area contributed by atoms with Gasteiger partial charge < -0.3 is 10.1 Å². The Kier molecular flexibility index (Phi) is 6.08. The molecule has 0 saturated heterocycles. The molecule has 0 radical (unpaired) electrons. The van der Waals surface area contributed by atoms with E-state index in [0.717, 1.165) is 5.56 Å². The normalized spacial score (nSPS) is 10.9. The molecule has 0 saturated carbocycles. The standard InChI is InChI=1S/C20H18ClFN2O2S/c1-12(2)23-19(25)18-11-27-20(24-18)16-7-6-15(9-17(16)22)26-10-13-4-3-5-14(21)8-13/h3-9,11-12H,10H2,1-2H3,(H,23,25). The van der Waals surface area contributed by atoms with Crippen LogP contribution in [0.1, 0.15) is 29.9 Å². The Morgan fingerprint density at radius 3 is 2.81 bits per heavy atom. The van der Waals surface area contributed by atoms with E-state index in [2.05, 4.69) is 10.3 Å². The summed E-state index contributed by atoms with van der Waals surface area (Å²) >= 11 is 7.17. The van der Waals surface area contributed by atoms with Crippen LogP contribution in [0.5, 0.6) is 5.75 Å². The van der Waals surface area contributed by atoms with Crippen molar-refractivity contribution in [1.29, 1.82) is 0 Å². The highest BCUT2D eigenvalue weighted by Crippen LogP contribution is 2.29. The average molecular weight is 405 g/mol. The lowest BCUT2D eigenvalue weighted by Crippen LogP contribution is -2.30. The maximum Gasteiger partial charge on any atom is 0.270 e. The summed E-state index contributed by atoms with van der Waals surface area (Å²) in [5.41, 5.74) is 1.51. The number of hydrogen-bond donors (Lipinski definition) is 1. The first kappa shape index (κ1) is 19.3. The van der Waals surface area contributed by atoms with Crippen LogP contribution in [0.25, 0.3) is 10.6 Å². The van der Waals surface area contributed by atoms with Gasteiger partial charge in [0.2, 0.25) is 0 Å². The van der Waals surface area contributed by atoms with Gasteiger partial charge in [0, 0.05) is 28.1 Å². The van der Waals surface area contributed by atoms with Gasteiger partial charge in [-0.2, -0.15) is 0 Å². The van der Waals surface area contributed by atoms with E-state index >= 15 is 0 Å². The molecule has 0 bridgehead atoms. The summed E-state index contributed by atoms with van der Waals surface area (Å²) in [5.74, 6) is -0.316. The monoisotopic (exact) mass is 404 g/mol. The van der Waals surface area contributed by atoms with Crippen molar-refractivity contribution in [2.24, 2.45) is 0 Å². The highest BCUT2D eigenvalue weighted by atomic mass is 35.5. The number of aromatic nitrogens is 1. The van der Waals surface area contributed by atoms with Crippen LogP contribution in [0.2, 0.25) is 5.02 Å². The topological polar surface area (TPSA) is 51.2 Å². The fourth-order valence-electron chi connectivity index (χ4n) is 2.39. The first-order chi connectivity index (χ1) is 12.9. The van der Waals surface area contributed by atoms with Crippen LogP contribution in [-0.2, 0) is 6.61 Å². The van der Waals surface area contributed by atoms with E-state index in [1.807, 2.05) is 26.0 Å². The number of rotatable bonds is 6. The van der Waals surface area contributed by atoms with Gasteiger partial charge in [-0.3, -0.25) is 4.79 Å². The molecule has 1 heterocycles. The second kappa shape index (κ2) is 8.50. The number of nitrogens with one attached hydrogen (secondary N) is 1. The van der Waals surface area contributed by atoms with Gasteiger partial charge in [0.15, 0.2) is 0 Å². The lowest BCUT2D eigenvalue weighted by atomic mass is 10.2. The Morgan fingerprint density at radius 1 is 1.30 bits per heavy atom. The summed E-state index contributed by atoms with van der Waals surface area (Å²) in [4.78, 5) is 16.2. The van der Waals surface area contributed by atoms with E-state index in [1.165, 1.54) is 17.4 Å². The molecule has 7 heteroatoms. The van der Waals surface area contributed by atoms with Crippen molar-refractivity contribution >= 4 is 28.8 Å². The summed E-state index contributed by atoms with van der Waals surface area (Å²) in [6.07, 6.45) is 0. The fourth-order valence-corrected chi connectivity index (χ4v) is 3.43. The van der Waals surface area contributed by atoms with E-state index in [-0.39, 0.29) is 24.2 Å². The van der Waals surface area contributed by atoms with Gasteiger partial charge in [0.05, 0.1) is 0 Å². The van der Waals surface area contributed by atoms with Gasteiger partial charge in [0.25, 0.3) is 5.91 Å². The van der Waals surface area contributed by atoms with E-state index in [1.54, 1.807) is 29.6 Å². The Balaban J connectivity index is 1.71. The fraction of sp³-hybridized carbons (Fsp3) is 0.200. The van der Waals surface area contributed by atoms with Crippen LogP contribution in [0.3, 0.4) is 0 Å². The van der Waals surface area contributed by atoms with Gasteiger partial charge >= 0.3 is 0 Å². The summed E-state index contributed by atoms with van der Waals surface area (Å²) in [6, 6.07) is 11.9. The van der Waals surface area contributed by atoms with E-state index in [0.29, 0.717) is 21.3 Å². The minimum absolute atomic E-state index is 0.00955. The average Bonchev–Trinajstić information content (AvgIpc) is 3.09. The molecule has 3 rings (SSSR count). The molecular weight excluding hydrogens is 387 g/mol. The van der Waals surface area contributed by atoms with Crippen molar-refractivity contribution in [1.82, 2.24) is 10.3 Å². The highest BCUT2D eigenvalue weighted by molar-refractivity contribution is 7.13. The first-order valence-corrected chi connectivity index (χ1v) is 9.61. The minimum Gasteiger partial charge on any atom is -0.489 e. The van der Waals surface area contributed by atoms with Crippen LogP contribution in [0.4, 0.5) is 4.39 Å². The number of ether oxygens (including phenoxy) is 1. The van der Waals surface area contributed by atoms with Crippen molar-refractivity contribution < 1.29 is 13.9 Å². The molecule has 2 aromatic carbocycles. The van der Waals surface area contributed by atoms with E-state index < -0.39 is 5.82 Å². The van der Waals surface area contributed by atoms with E-state index in [4.69, 9.17) is 16.3 Å². The molecule has 140 valence electrons. The zero-order valence-electron chi connectivity index (χ0n) is 14.8. The molecule has 1 N–H and O–H groups in total.